The number of hydrogen-bond acceptors (Lipinski definition) is 7. The first-order valence-electron chi connectivity index (χ1n) is 10.2. The lowest BCUT2D eigenvalue weighted by Crippen LogP contribution is -2.30. The third kappa shape index (κ3) is 4.39. The molecule has 7 nitrogen and oxygen atoms in total. The molecule has 0 saturated carbocycles. The largest absolute Gasteiger partial charge is 0.497 e. The van der Waals surface area contributed by atoms with E-state index in [1.165, 1.54) is 16.2 Å². The van der Waals surface area contributed by atoms with Crippen LogP contribution in [0.3, 0.4) is 0 Å². The molecule has 1 fully saturated rings. The van der Waals surface area contributed by atoms with Gasteiger partial charge in [-0.05, 0) is 49.2 Å². The Morgan fingerprint density at radius 2 is 1.97 bits per heavy atom. The number of carbonyl (C=O) groups is 1. The lowest BCUT2D eigenvalue weighted by Gasteiger charge is -2.14. The number of rotatable bonds is 7. The van der Waals surface area contributed by atoms with Gasteiger partial charge in [-0.2, -0.15) is 0 Å². The predicted octanol–water partition coefficient (Wildman–Crippen LogP) is 3.58. The molecule has 3 aromatic rings. The monoisotopic (exact) mass is 466 g/mol. The Balaban J connectivity index is 1.61. The maximum Gasteiger partial charge on any atom is 0.267 e. The molecule has 0 atom stereocenters. The number of carbonyl (C=O) groups excluding carboxylic acids is 1. The minimum atomic E-state index is -0.241. The van der Waals surface area contributed by atoms with Gasteiger partial charge in [-0.25, -0.2) is 4.98 Å². The summed E-state index contributed by atoms with van der Waals surface area (Å²) in [4.78, 5) is 32.7. The number of amides is 1. The molecule has 1 aromatic carbocycles. The second-order valence-corrected chi connectivity index (χ2v) is 8.75. The van der Waals surface area contributed by atoms with Gasteiger partial charge in [0, 0.05) is 19.3 Å². The third-order valence-electron chi connectivity index (χ3n) is 5.05. The molecule has 3 heterocycles. The number of methoxy groups -OCH3 is 1. The van der Waals surface area contributed by atoms with Gasteiger partial charge >= 0.3 is 0 Å². The molecular weight excluding hydrogens is 444 g/mol. The van der Waals surface area contributed by atoms with E-state index in [1.807, 2.05) is 37.3 Å². The first-order chi connectivity index (χ1) is 15.5. The standard InChI is InChI=1S/C23H22N4O3S2/c1-3-24-20-17(21(28)26-12-5-4-6-19(26)25-20)14-18-22(29)27(23(31)32-18)13-11-15-7-9-16(30-2)10-8-15/h4-10,12,14,24H,3,11,13H2,1-2H3/b18-14-. The number of benzene rings is 1. The van der Waals surface area contributed by atoms with Crippen LogP contribution in [0.4, 0.5) is 5.82 Å². The van der Waals surface area contributed by atoms with Crippen molar-refractivity contribution in [3.8, 4) is 5.75 Å². The van der Waals surface area contributed by atoms with Crippen LogP contribution >= 0.6 is 24.0 Å². The van der Waals surface area contributed by atoms with Crippen molar-refractivity contribution in [3.05, 3.63) is 75.0 Å². The molecule has 0 radical (unpaired) electrons. The summed E-state index contributed by atoms with van der Waals surface area (Å²) in [7, 11) is 1.62. The summed E-state index contributed by atoms with van der Waals surface area (Å²) in [5.74, 6) is 1.04. The van der Waals surface area contributed by atoms with Crippen LogP contribution in [0.5, 0.6) is 5.75 Å². The Hall–Kier alpha value is -3.17. The maximum absolute atomic E-state index is 13.1. The number of anilines is 1. The van der Waals surface area contributed by atoms with Crippen molar-refractivity contribution in [2.24, 2.45) is 0 Å². The number of thioether (sulfide) groups is 1. The number of nitrogens with one attached hydrogen (secondary N) is 1. The topological polar surface area (TPSA) is 75.9 Å². The minimum absolute atomic E-state index is 0.200. The fourth-order valence-electron chi connectivity index (χ4n) is 3.39. The number of fused-ring (bicyclic) bond motifs is 1. The summed E-state index contributed by atoms with van der Waals surface area (Å²) < 4.78 is 7.13. The highest BCUT2D eigenvalue weighted by Crippen LogP contribution is 2.33. The first kappa shape index (κ1) is 22.0. The smallest absolute Gasteiger partial charge is 0.267 e. The van der Waals surface area contributed by atoms with E-state index >= 15 is 0 Å². The fourth-order valence-corrected chi connectivity index (χ4v) is 4.68. The van der Waals surface area contributed by atoms with Crippen molar-refractivity contribution < 1.29 is 9.53 Å². The van der Waals surface area contributed by atoms with Gasteiger partial charge in [0.2, 0.25) is 0 Å². The molecule has 0 aliphatic carbocycles. The molecule has 2 aromatic heterocycles. The van der Waals surface area contributed by atoms with Gasteiger partial charge in [-0.3, -0.25) is 18.9 Å². The zero-order valence-electron chi connectivity index (χ0n) is 17.7. The highest BCUT2D eigenvalue weighted by molar-refractivity contribution is 8.26. The molecule has 164 valence electrons. The quantitative estimate of drug-likeness (QED) is 0.421. The number of aromatic nitrogens is 2. The Morgan fingerprint density at radius 3 is 2.69 bits per heavy atom. The van der Waals surface area contributed by atoms with E-state index in [-0.39, 0.29) is 11.5 Å². The van der Waals surface area contributed by atoms with Crippen molar-refractivity contribution in [1.82, 2.24) is 14.3 Å². The number of hydrogen-bond donors (Lipinski definition) is 1. The van der Waals surface area contributed by atoms with Gasteiger partial charge in [-0.15, -0.1) is 0 Å². The normalized spacial score (nSPS) is 15.1. The summed E-state index contributed by atoms with van der Waals surface area (Å²) in [6.07, 6.45) is 3.92. The van der Waals surface area contributed by atoms with Crippen molar-refractivity contribution in [3.63, 3.8) is 0 Å². The van der Waals surface area contributed by atoms with Gasteiger partial charge in [0.15, 0.2) is 0 Å². The molecule has 32 heavy (non-hydrogen) atoms. The van der Waals surface area contributed by atoms with Crippen molar-refractivity contribution in [2.45, 2.75) is 13.3 Å². The Kier molecular flexibility index (Phi) is 6.57. The van der Waals surface area contributed by atoms with Crippen LogP contribution in [0.25, 0.3) is 11.7 Å². The number of pyridine rings is 1. The molecule has 1 aliphatic rings. The number of ether oxygens (including phenoxy) is 1. The number of nitrogens with zero attached hydrogens (tertiary/aromatic N) is 3. The zero-order valence-corrected chi connectivity index (χ0v) is 19.3. The highest BCUT2D eigenvalue weighted by Gasteiger charge is 2.32. The van der Waals surface area contributed by atoms with Crippen LogP contribution in [-0.4, -0.2) is 44.7 Å². The summed E-state index contributed by atoms with van der Waals surface area (Å²) in [6, 6.07) is 13.1. The lowest BCUT2D eigenvalue weighted by atomic mass is 10.1. The minimum Gasteiger partial charge on any atom is -0.497 e. The second kappa shape index (κ2) is 9.54. The zero-order chi connectivity index (χ0) is 22.7. The first-order valence-corrected chi connectivity index (χ1v) is 11.4. The van der Waals surface area contributed by atoms with Crippen LogP contribution in [0, 0.1) is 0 Å². The predicted molar refractivity (Wildman–Crippen MR) is 132 cm³/mol. The van der Waals surface area contributed by atoms with Crippen LogP contribution in [0.2, 0.25) is 0 Å². The van der Waals surface area contributed by atoms with Crippen LogP contribution in [-0.2, 0) is 11.2 Å². The highest BCUT2D eigenvalue weighted by atomic mass is 32.2. The molecule has 1 saturated heterocycles. The van der Waals surface area contributed by atoms with E-state index < -0.39 is 0 Å². The third-order valence-corrected chi connectivity index (χ3v) is 6.42. The Labute approximate surface area is 195 Å². The summed E-state index contributed by atoms with van der Waals surface area (Å²) >= 11 is 6.66. The van der Waals surface area contributed by atoms with E-state index in [0.717, 1.165) is 11.3 Å². The van der Waals surface area contributed by atoms with Gasteiger partial charge in [0.05, 0.1) is 17.6 Å². The molecule has 4 rings (SSSR count). The molecule has 1 amide bonds. The van der Waals surface area contributed by atoms with Gasteiger partial charge < -0.3 is 10.1 Å². The van der Waals surface area contributed by atoms with Crippen LogP contribution in [0.1, 0.15) is 18.1 Å². The van der Waals surface area contributed by atoms with Gasteiger partial charge in [-0.1, -0.05) is 42.2 Å². The van der Waals surface area contributed by atoms with Crippen molar-refractivity contribution >= 4 is 51.7 Å². The van der Waals surface area contributed by atoms with E-state index in [2.05, 4.69) is 10.3 Å². The van der Waals surface area contributed by atoms with Crippen molar-refractivity contribution in [1.29, 1.82) is 0 Å². The second-order valence-electron chi connectivity index (χ2n) is 7.07. The average Bonchev–Trinajstić information content (AvgIpc) is 3.07. The molecule has 0 bridgehead atoms. The van der Waals surface area contributed by atoms with Crippen LogP contribution < -0.4 is 15.6 Å². The maximum atomic E-state index is 13.1. The average molecular weight is 467 g/mol. The Bertz CT molecular complexity index is 1270. The Morgan fingerprint density at radius 1 is 1.19 bits per heavy atom. The van der Waals surface area contributed by atoms with Crippen molar-refractivity contribution in [2.75, 3.05) is 25.5 Å². The van der Waals surface area contributed by atoms with E-state index in [9.17, 15) is 9.59 Å². The molecular formula is C23H22N4O3S2. The SMILES string of the molecule is CCNc1nc2ccccn2c(=O)c1/C=C1\SC(=S)N(CCc2ccc(OC)cc2)C1=O. The summed E-state index contributed by atoms with van der Waals surface area (Å²) in [6.45, 7) is 2.99. The molecule has 9 heteroatoms. The molecule has 1 N–H and O–H groups in total. The molecule has 0 spiro atoms. The number of thiocarbonyl (C=S) groups is 1. The van der Waals surface area contributed by atoms with E-state index in [1.54, 1.807) is 36.4 Å². The van der Waals surface area contributed by atoms with E-state index in [0.29, 0.717) is 45.8 Å². The van der Waals surface area contributed by atoms with Crippen LogP contribution in [0.15, 0.2) is 58.4 Å². The summed E-state index contributed by atoms with van der Waals surface area (Å²) in [5.41, 5.74) is 1.72. The fraction of sp³-hybridized carbons (Fsp3) is 0.217. The molecule has 1 aliphatic heterocycles. The van der Waals surface area contributed by atoms with Gasteiger partial charge in [0.25, 0.3) is 11.5 Å². The molecule has 0 unspecified atom stereocenters. The lowest BCUT2D eigenvalue weighted by molar-refractivity contribution is -0.122. The summed E-state index contributed by atoms with van der Waals surface area (Å²) in [5, 5.41) is 3.13. The van der Waals surface area contributed by atoms with E-state index in [4.69, 9.17) is 17.0 Å². The van der Waals surface area contributed by atoms with Gasteiger partial charge in [0.1, 0.15) is 21.5 Å².